The summed E-state index contributed by atoms with van der Waals surface area (Å²) in [5.74, 6) is 0.0171. The average molecular weight is 357 g/mol. The quantitative estimate of drug-likeness (QED) is 0.873. The number of piperidine rings is 1. The summed E-state index contributed by atoms with van der Waals surface area (Å²) < 4.78 is 2.60. The minimum atomic E-state index is 0.0171. The highest BCUT2D eigenvalue weighted by Gasteiger charge is 2.38. The average Bonchev–Trinajstić information content (AvgIpc) is 2.51. The van der Waals surface area contributed by atoms with Crippen LogP contribution in [0.1, 0.15) is 46.2 Å². The van der Waals surface area contributed by atoms with Gasteiger partial charge < -0.3 is 10.6 Å². The van der Waals surface area contributed by atoms with E-state index in [0.29, 0.717) is 0 Å². The number of aryl methyl sites for hydroxylation is 1. The van der Waals surface area contributed by atoms with Crippen molar-refractivity contribution in [1.82, 2.24) is 20.4 Å². The van der Waals surface area contributed by atoms with Crippen molar-refractivity contribution in [1.29, 1.82) is 0 Å². The molecule has 6 heteroatoms. The smallest absolute Gasteiger partial charge is 0.241 e. The molecule has 0 aliphatic carbocycles. The Balaban J connectivity index is 1.96. The molecule has 1 aromatic rings. The Morgan fingerprint density at radius 2 is 2.00 bits per heavy atom. The van der Waals surface area contributed by atoms with Gasteiger partial charge in [0, 0.05) is 23.3 Å². The number of hydrogen-bond donors (Lipinski definition) is 2. The van der Waals surface area contributed by atoms with Crippen LogP contribution < -0.4 is 10.6 Å². The van der Waals surface area contributed by atoms with Gasteiger partial charge in [-0.25, -0.2) is 0 Å². The number of hydrogen-bond acceptors (Lipinski definition) is 3. The van der Waals surface area contributed by atoms with Crippen LogP contribution in [0.3, 0.4) is 0 Å². The molecule has 2 heterocycles. The van der Waals surface area contributed by atoms with Crippen LogP contribution in [0.5, 0.6) is 0 Å². The van der Waals surface area contributed by atoms with E-state index in [9.17, 15) is 4.79 Å². The molecule has 0 aromatic carbocycles. The highest BCUT2D eigenvalue weighted by Crippen LogP contribution is 2.28. The van der Waals surface area contributed by atoms with E-state index in [-0.39, 0.29) is 29.6 Å². The largest absolute Gasteiger partial charge is 0.352 e. The summed E-state index contributed by atoms with van der Waals surface area (Å²) in [7, 11) is 0. The number of amides is 1. The number of nitrogens with zero attached hydrogens (tertiary/aromatic N) is 2. The van der Waals surface area contributed by atoms with Crippen LogP contribution >= 0.6 is 15.9 Å². The van der Waals surface area contributed by atoms with Crippen LogP contribution in [-0.4, -0.2) is 32.8 Å². The van der Waals surface area contributed by atoms with Gasteiger partial charge in [-0.05, 0) is 63.4 Å². The molecule has 0 radical (unpaired) electrons. The van der Waals surface area contributed by atoms with Crippen molar-refractivity contribution in [3.63, 3.8) is 0 Å². The summed E-state index contributed by atoms with van der Waals surface area (Å²) in [6.45, 7) is 10.9. The van der Waals surface area contributed by atoms with Crippen LogP contribution in [0.25, 0.3) is 0 Å². The highest BCUT2D eigenvalue weighted by atomic mass is 79.9. The first kappa shape index (κ1) is 16.5. The first-order valence-corrected chi connectivity index (χ1v) is 8.14. The van der Waals surface area contributed by atoms with Gasteiger partial charge in [-0.1, -0.05) is 0 Å². The Labute approximate surface area is 135 Å². The summed E-state index contributed by atoms with van der Waals surface area (Å²) in [4.78, 5) is 12.2. The Hall–Kier alpha value is -0.880. The molecule has 0 saturated carbocycles. The first-order chi connectivity index (χ1) is 9.56. The topological polar surface area (TPSA) is 59.0 Å². The van der Waals surface area contributed by atoms with E-state index in [2.05, 4.69) is 59.4 Å². The molecule has 1 fully saturated rings. The standard InChI is InChI=1S/C15H25BrN4O/c1-10-12(16)8-20(18-10)9-13(21)17-11-6-14(2,3)19-15(4,5)7-11/h8,11,19H,6-7,9H2,1-5H3,(H,17,21). The minimum absolute atomic E-state index is 0.0171. The van der Waals surface area contributed by atoms with E-state index >= 15 is 0 Å². The molecule has 2 rings (SSSR count). The third kappa shape index (κ3) is 4.54. The fraction of sp³-hybridized carbons (Fsp3) is 0.733. The number of carbonyl (C=O) groups excluding carboxylic acids is 1. The van der Waals surface area contributed by atoms with Gasteiger partial charge in [0.1, 0.15) is 6.54 Å². The lowest BCUT2D eigenvalue weighted by Gasteiger charge is -2.46. The van der Waals surface area contributed by atoms with Crippen LogP contribution in [-0.2, 0) is 11.3 Å². The fourth-order valence-corrected chi connectivity index (χ4v) is 3.73. The number of rotatable bonds is 3. The molecule has 1 aromatic heterocycles. The zero-order chi connectivity index (χ0) is 15.8. The molecule has 0 atom stereocenters. The fourth-order valence-electron chi connectivity index (χ4n) is 3.42. The number of nitrogens with one attached hydrogen (secondary N) is 2. The van der Waals surface area contributed by atoms with Crippen molar-refractivity contribution in [2.24, 2.45) is 0 Å². The molecule has 5 nitrogen and oxygen atoms in total. The summed E-state index contributed by atoms with van der Waals surface area (Å²) in [6.07, 6.45) is 3.71. The molecule has 1 amide bonds. The van der Waals surface area contributed by atoms with Gasteiger partial charge in [-0.2, -0.15) is 5.10 Å². The second-order valence-electron chi connectivity index (χ2n) is 7.33. The summed E-state index contributed by atoms with van der Waals surface area (Å²) in [5.41, 5.74) is 0.961. The van der Waals surface area contributed by atoms with Crippen molar-refractivity contribution in [2.45, 2.75) is 71.1 Å². The third-order valence-electron chi connectivity index (χ3n) is 3.75. The van der Waals surface area contributed by atoms with Gasteiger partial charge in [0.05, 0.1) is 10.2 Å². The van der Waals surface area contributed by atoms with Crippen molar-refractivity contribution >= 4 is 21.8 Å². The minimum Gasteiger partial charge on any atom is -0.352 e. The maximum atomic E-state index is 12.2. The van der Waals surface area contributed by atoms with Gasteiger partial charge in [-0.15, -0.1) is 0 Å². The van der Waals surface area contributed by atoms with Gasteiger partial charge in [0.2, 0.25) is 5.91 Å². The molecule has 0 bridgehead atoms. The Morgan fingerprint density at radius 1 is 1.43 bits per heavy atom. The third-order valence-corrected chi connectivity index (χ3v) is 4.53. The van der Waals surface area contributed by atoms with E-state index in [1.54, 1.807) is 4.68 Å². The van der Waals surface area contributed by atoms with Crippen LogP contribution in [0, 0.1) is 6.92 Å². The van der Waals surface area contributed by atoms with E-state index in [1.165, 1.54) is 0 Å². The zero-order valence-corrected chi connectivity index (χ0v) is 15.0. The van der Waals surface area contributed by atoms with E-state index < -0.39 is 0 Å². The number of carbonyl (C=O) groups is 1. The summed E-state index contributed by atoms with van der Waals surface area (Å²) in [6, 6.07) is 0.198. The predicted octanol–water partition coefficient (Wildman–Crippen LogP) is 2.38. The molecule has 1 aliphatic rings. The van der Waals surface area contributed by atoms with Crippen molar-refractivity contribution in [3.05, 3.63) is 16.4 Å². The first-order valence-electron chi connectivity index (χ1n) is 7.35. The predicted molar refractivity (Wildman–Crippen MR) is 87.1 cm³/mol. The zero-order valence-electron chi connectivity index (χ0n) is 13.5. The monoisotopic (exact) mass is 356 g/mol. The molecular formula is C15H25BrN4O. The normalized spacial score (nSPS) is 21.2. The van der Waals surface area contributed by atoms with E-state index in [1.807, 2.05) is 13.1 Å². The maximum Gasteiger partial charge on any atom is 0.241 e. The molecule has 2 N–H and O–H groups in total. The lowest BCUT2D eigenvalue weighted by molar-refractivity contribution is -0.123. The van der Waals surface area contributed by atoms with E-state index in [0.717, 1.165) is 23.0 Å². The number of aromatic nitrogens is 2. The SMILES string of the molecule is Cc1nn(CC(=O)NC2CC(C)(C)NC(C)(C)C2)cc1Br. The Morgan fingerprint density at radius 3 is 2.48 bits per heavy atom. The molecule has 0 unspecified atom stereocenters. The van der Waals surface area contributed by atoms with Crippen LogP contribution in [0.15, 0.2) is 10.7 Å². The van der Waals surface area contributed by atoms with Crippen molar-refractivity contribution < 1.29 is 4.79 Å². The van der Waals surface area contributed by atoms with Crippen molar-refractivity contribution in [2.75, 3.05) is 0 Å². The molecule has 21 heavy (non-hydrogen) atoms. The molecule has 0 spiro atoms. The maximum absolute atomic E-state index is 12.2. The lowest BCUT2D eigenvalue weighted by Crippen LogP contribution is -2.62. The molecular weight excluding hydrogens is 332 g/mol. The summed E-state index contributed by atoms with van der Waals surface area (Å²) >= 11 is 3.41. The van der Waals surface area contributed by atoms with Crippen LogP contribution in [0.2, 0.25) is 0 Å². The molecule has 1 saturated heterocycles. The molecule has 118 valence electrons. The number of halogens is 1. The second-order valence-corrected chi connectivity index (χ2v) is 8.18. The summed E-state index contributed by atoms with van der Waals surface area (Å²) in [5, 5.41) is 11.1. The Kier molecular flexibility index (Phi) is 4.49. The van der Waals surface area contributed by atoms with Crippen LogP contribution in [0.4, 0.5) is 0 Å². The van der Waals surface area contributed by atoms with E-state index in [4.69, 9.17) is 0 Å². The highest BCUT2D eigenvalue weighted by molar-refractivity contribution is 9.10. The van der Waals surface area contributed by atoms with Gasteiger partial charge in [0.15, 0.2) is 0 Å². The van der Waals surface area contributed by atoms with Crippen molar-refractivity contribution in [3.8, 4) is 0 Å². The van der Waals surface area contributed by atoms with Gasteiger partial charge in [0.25, 0.3) is 0 Å². The Bertz CT molecular complexity index is 500. The van der Waals surface area contributed by atoms with Gasteiger partial charge >= 0.3 is 0 Å². The lowest BCUT2D eigenvalue weighted by atomic mass is 9.79. The second kappa shape index (κ2) is 5.72. The van der Waals surface area contributed by atoms with Gasteiger partial charge in [-0.3, -0.25) is 9.48 Å². The molecule has 1 aliphatic heterocycles.